The van der Waals surface area contributed by atoms with Crippen molar-refractivity contribution < 1.29 is 14.6 Å². The number of aryl methyl sites for hydroxylation is 3. The number of carbonyl (C=O) groups is 1. The molecule has 3 nitrogen and oxygen atoms in total. The van der Waals surface area contributed by atoms with Crippen LogP contribution in [0.4, 0.5) is 0 Å². The van der Waals surface area contributed by atoms with Gasteiger partial charge in [0.1, 0.15) is 5.57 Å². The fourth-order valence-corrected chi connectivity index (χ4v) is 2.73. The third kappa shape index (κ3) is 2.21. The van der Waals surface area contributed by atoms with Crippen LogP contribution in [0.5, 0.6) is 0 Å². The normalized spacial score (nSPS) is 17.6. The molecule has 108 valence electrons. The summed E-state index contributed by atoms with van der Waals surface area (Å²) < 4.78 is 5.28. The number of benzene rings is 1. The molecule has 0 unspecified atom stereocenters. The molecule has 0 aliphatic carbocycles. The Morgan fingerprint density at radius 1 is 1.20 bits per heavy atom. The Kier molecular flexibility index (Phi) is 3.63. The van der Waals surface area contributed by atoms with Crippen LogP contribution in [0.25, 0.3) is 5.57 Å². The number of esters is 1. The molecule has 0 fully saturated rings. The molecule has 1 aliphatic rings. The van der Waals surface area contributed by atoms with Crippen LogP contribution in [0.15, 0.2) is 17.9 Å². The second-order valence-corrected chi connectivity index (χ2v) is 5.78. The fourth-order valence-electron chi connectivity index (χ4n) is 2.73. The molecule has 0 aromatic heterocycles. The van der Waals surface area contributed by atoms with Gasteiger partial charge >= 0.3 is 5.97 Å². The minimum Gasteiger partial charge on any atom is -0.507 e. The van der Waals surface area contributed by atoms with Gasteiger partial charge in [-0.1, -0.05) is 26.0 Å². The number of hydrogen-bond acceptors (Lipinski definition) is 3. The van der Waals surface area contributed by atoms with Gasteiger partial charge in [0, 0.05) is 0 Å². The van der Waals surface area contributed by atoms with E-state index in [9.17, 15) is 9.90 Å². The van der Waals surface area contributed by atoms with E-state index >= 15 is 0 Å². The summed E-state index contributed by atoms with van der Waals surface area (Å²) >= 11 is 0. The molecule has 1 heterocycles. The number of aliphatic hydroxyl groups excluding tert-OH is 1. The quantitative estimate of drug-likeness (QED) is 0.854. The first-order valence-electron chi connectivity index (χ1n) is 7.11. The highest BCUT2D eigenvalue weighted by atomic mass is 16.6. The van der Waals surface area contributed by atoms with Crippen molar-refractivity contribution in [1.29, 1.82) is 0 Å². The lowest BCUT2D eigenvalue weighted by atomic mass is 9.89. The maximum atomic E-state index is 12.1. The van der Waals surface area contributed by atoms with Crippen LogP contribution in [0, 0.1) is 6.92 Å². The van der Waals surface area contributed by atoms with Gasteiger partial charge in [-0.3, -0.25) is 0 Å². The Labute approximate surface area is 120 Å². The van der Waals surface area contributed by atoms with Crippen molar-refractivity contribution in [2.45, 2.75) is 53.1 Å². The van der Waals surface area contributed by atoms with Gasteiger partial charge in [-0.2, -0.15) is 0 Å². The van der Waals surface area contributed by atoms with Gasteiger partial charge in [-0.25, -0.2) is 4.79 Å². The molecule has 1 aromatic rings. The van der Waals surface area contributed by atoms with Crippen LogP contribution in [0.2, 0.25) is 0 Å². The number of carbonyl (C=O) groups excluding carboxylic acids is 1. The third-order valence-corrected chi connectivity index (χ3v) is 3.88. The summed E-state index contributed by atoms with van der Waals surface area (Å²) in [6.07, 6.45) is 1.77. The third-order valence-electron chi connectivity index (χ3n) is 3.88. The molecule has 0 radical (unpaired) electrons. The fraction of sp³-hybridized carbons (Fsp3) is 0.471. The summed E-state index contributed by atoms with van der Waals surface area (Å²) in [7, 11) is 0. The van der Waals surface area contributed by atoms with Gasteiger partial charge in [-0.15, -0.1) is 0 Å². The van der Waals surface area contributed by atoms with Gasteiger partial charge in [-0.05, 0) is 55.9 Å². The molecule has 20 heavy (non-hydrogen) atoms. The summed E-state index contributed by atoms with van der Waals surface area (Å²) in [5, 5.41) is 10.3. The summed E-state index contributed by atoms with van der Waals surface area (Å²) in [6.45, 7) is 9.55. The molecule has 0 saturated carbocycles. The predicted molar refractivity (Wildman–Crippen MR) is 79.7 cm³/mol. The average Bonchev–Trinajstić information content (AvgIpc) is 2.58. The highest BCUT2D eigenvalue weighted by Crippen LogP contribution is 2.38. The van der Waals surface area contributed by atoms with Crippen molar-refractivity contribution in [1.82, 2.24) is 0 Å². The summed E-state index contributed by atoms with van der Waals surface area (Å²) in [5.41, 5.74) is 3.56. The minimum absolute atomic E-state index is 0.0320. The van der Waals surface area contributed by atoms with Crippen LogP contribution in [-0.4, -0.2) is 16.7 Å². The zero-order valence-electron chi connectivity index (χ0n) is 12.8. The van der Waals surface area contributed by atoms with Crippen molar-refractivity contribution in [2.75, 3.05) is 0 Å². The molecule has 2 rings (SSSR count). The van der Waals surface area contributed by atoms with Gasteiger partial charge in [0.15, 0.2) is 11.4 Å². The standard InChI is InChI=1S/C17H22O3/c1-6-11-8-10(3)13(12(7-2)9-11)14-15(18)17(4,5)20-16(14)19/h8-9,18H,6-7H2,1-5H3. The molecular formula is C17H22O3. The summed E-state index contributed by atoms with van der Waals surface area (Å²) in [5.74, 6) is -0.404. The smallest absolute Gasteiger partial charge is 0.343 e. The zero-order valence-corrected chi connectivity index (χ0v) is 12.8. The van der Waals surface area contributed by atoms with E-state index in [1.165, 1.54) is 5.56 Å². The maximum absolute atomic E-state index is 12.1. The van der Waals surface area contributed by atoms with E-state index in [4.69, 9.17) is 4.74 Å². The maximum Gasteiger partial charge on any atom is 0.343 e. The average molecular weight is 274 g/mol. The molecule has 0 bridgehead atoms. The van der Waals surface area contributed by atoms with Gasteiger partial charge in [0.2, 0.25) is 0 Å². The highest BCUT2D eigenvalue weighted by Gasteiger charge is 2.42. The molecule has 1 aliphatic heterocycles. The van der Waals surface area contributed by atoms with Crippen molar-refractivity contribution in [3.05, 3.63) is 40.1 Å². The van der Waals surface area contributed by atoms with E-state index in [0.717, 1.165) is 29.5 Å². The zero-order chi connectivity index (χ0) is 15.1. The molecule has 0 amide bonds. The number of hydrogen-bond donors (Lipinski definition) is 1. The number of aliphatic hydroxyl groups is 1. The first-order valence-corrected chi connectivity index (χ1v) is 7.11. The Bertz CT molecular complexity index is 594. The minimum atomic E-state index is -0.937. The molecule has 0 saturated heterocycles. The van der Waals surface area contributed by atoms with Crippen LogP contribution in [0.1, 0.15) is 49.9 Å². The van der Waals surface area contributed by atoms with Crippen LogP contribution >= 0.6 is 0 Å². The van der Waals surface area contributed by atoms with Crippen molar-refractivity contribution >= 4 is 11.5 Å². The number of cyclic esters (lactones) is 1. The van der Waals surface area contributed by atoms with Crippen molar-refractivity contribution in [2.24, 2.45) is 0 Å². The monoisotopic (exact) mass is 274 g/mol. The summed E-state index contributed by atoms with van der Waals surface area (Å²) in [6, 6.07) is 4.19. The lowest BCUT2D eigenvalue weighted by molar-refractivity contribution is -0.143. The topological polar surface area (TPSA) is 46.5 Å². The Morgan fingerprint density at radius 3 is 2.30 bits per heavy atom. The number of ether oxygens (including phenoxy) is 1. The largest absolute Gasteiger partial charge is 0.507 e. The molecular weight excluding hydrogens is 252 g/mol. The van der Waals surface area contributed by atoms with Crippen molar-refractivity contribution in [3.63, 3.8) is 0 Å². The second kappa shape index (κ2) is 4.97. The lowest BCUT2D eigenvalue weighted by Gasteiger charge is -2.16. The molecule has 0 atom stereocenters. The van der Waals surface area contributed by atoms with E-state index in [-0.39, 0.29) is 5.76 Å². The van der Waals surface area contributed by atoms with Gasteiger partial charge < -0.3 is 9.84 Å². The van der Waals surface area contributed by atoms with E-state index in [2.05, 4.69) is 26.0 Å². The Morgan fingerprint density at radius 2 is 1.85 bits per heavy atom. The van der Waals surface area contributed by atoms with Crippen LogP contribution in [-0.2, 0) is 22.4 Å². The molecule has 1 aromatic carbocycles. The van der Waals surface area contributed by atoms with Crippen LogP contribution < -0.4 is 0 Å². The number of rotatable bonds is 3. The Hall–Kier alpha value is -1.77. The molecule has 1 N–H and O–H groups in total. The second-order valence-electron chi connectivity index (χ2n) is 5.78. The predicted octanol–water partition coefficient (Wildman–Crippen LogP) is 3.72. The highest BCUT2D eigenvalue weighted by molar-refractivity contribution is 6.20. The van der Waals surface area contributed by atoms with Gasteiger partial charge in [0.05, 0.1) is 0 Å². The van der Waals surface area contributed by atoms with E-state index in [1.807, 2.05) is 6.92 Å². The van der Waals surface area contributed by atoms with Crippen LogP contribution in [0.3, 0.4) is 0 Å². The molecule has 0 spiro atoms. The first kappa shape index (κ1) is 14.6. The Balaban J connectivity index is 2.70. The van der Waals surface area contributed by atoms with E-state index in [0.29, 0.717) is 5.57 Å². The summed E-state index contributed by atoms with van der Waals surface area (Å²) in [4.78, 5) is 12.1. The van der Waals surface area contributed by atoms with E-state index < -0.39 is 11.6 Å². The first-order chi connectivity index (χ1) is 9.31. The SMILES string of the molecule is CCc1cc(C)c(C2=C(O)C(C)(C)OC2=O)c(CC)c1. The van der Waals surface area contributed by atoms with Gasteiger partial charge in [0.25, 0.3) is 0 Å². The van der Waals surface area contributed by atoms with E-state index in [1.54, 1.807) is 13.8 Å². The lowest BCUT2D eigenvalue weighted by Crippen LogP contribution is -2.22. The van der Waals surface area contributed by atoms with Crippen molar-refractivity contribution in [3.8, 4) is 0 Å². The molecule has 3 heteroatoms.